The van der Waals surface area contributed by atoms with Crippen LogP contribution in [0.1, 0.15) is 28.2 Å². The van der Waals surface area contributed by atoms with E-state index in [9.17, 15) is 9.90 Å². The molecule has 1 N–H and O–H groups in total. The van der Waals surface area contributed by atoms with Gasteiger partial charge in [0.2, 0.25) is 0 Å². The first-order chi connectivity index (χ1) is 15.5. The zero-order chi connectivity index (χ0) is 22.2. The van der Waals surface area contributed by atoms with Gasteiger partial charge in [-0.1, -0.05) is 6.07 Å². The van der Waals surface area contributed by atoms with Gasteiger partial charge in [0.25, 0.3) is 5.91 Å². The number of rotatable bonds is 3. The first-order valence-corrected chi connectivity index (χ1v) is 10.7. The van der Waals surface area contributed by atoms with Crippen molar-refractivity contribution < 1.29 is 14.6 Å². The maximum Gasteiger partial charge on any atom is 0.254 e. The molecule has 1 fully saturated rings. The molecule has 0 radical (unpaired) electrons. The number of hydrogen-bond donors (Lipinski definition) is 1. The Morgan fingerprint density at radius 1 is 1.03 bits per heavy atom. The number of aryl methyl sites for hydroxylation is 2. The van der Waals surface area contributed by atoms with Gasteiger partial charge in [0.05, 0.1) is 34.5 Å². The number of pyridine rings is 1. The van der Waals surface area contributed by atoms with E-state index in [4.69, 9.17) is 4.74 Å². The molecule has 1 saturated heterocycles. The zero-order valence-electron chi connectivity index (χ0n) is 18.0. The topological polar surface area (TPSA) is 88.4 Å². The SMILES string of the molecule is Cc1nc2ccc(C(=O)N3CC[C@@H](Oc4ccc5cccnc5c4)[C@H](O)C3)cc2nc1C. The van der Waals surface area contributed by atoms with Crippen LogP contribution in [0.5, 0.6) is 5.75 Å². The summed E-state index contributed by atoms with van der Waals surface area (Å²) < 4.78 is 6.05. The van der Waals surface area contributed by atoms with Gasteiger partial charge in [0.1, 0.15) is 18.0 Å². The third kappa shape index (κ3) is 3.87. The quantitative estimate of drug-likeness (QED) is 0.538. The van der Waals surface area contributed by atoms with Crippen LogP contribution in [0.4, 0.5) is 0 Å². The van der Waals surface area contributed by atoms with Crippen LogP contribution in [0.3, 0.4) is 0 Å². The van der Waals surface area contributed by atoms with Gasteiger partial charge in [-0.3, -0.25) is 9.78 Å². The number of fused-ring (bicyclic) bond motifs is 2. The third-order valence-electron chi connectivity index (χ3n) is 5.99. The summed E-state index contributed by atoms with van der Waals surface area (Å²) in [5.74, 6) is 0.540. The van der Waals surface area contributed by atoms with Crippen LogP contribution in [0.15, 0.2) is 54.7 Å². The molecule has 4 aromatic rings. The minimum absolute atomic E-state index is 0.126. The molecule has 7 heteroatoms. The van der Waals surface area contributed by atoms with E-state index in [1.165, 1.54) is 0 Å². The molecular formula is C25H24N4O3. The van der Waals surface area contributed by atoms with Crippen molar-refractivity contribution in [3.05, 3.63) is 71.7 Å². The van der Waals surface area contributed by atoms with Gasteiger partial charge in [0, 0.05) is 36.2 Å². The molecule has 162 valence electrons. The van der Waals surface area contributed by atoms with E-state index in [2.05, 4.69) is 15.0 Å². The summed E-state index contributed by atoms with van der Waals surface area (Å²) in [6, 6.07) is 15.0. The Morgan fingerprint density at radius 2 is 1.84 bits per heavy atom. The van der Waals surface area contributed by atoms with Crippen molar-refractivity contribution in [2.45, 2.75) is 32.5 Å². The highest BCUT2D eigenvalue weighted by Crippen LogP contribution is 2.24. The van der Waals surface area contributed by atoms with Gasteiger partial charge in [-0.15, -0.1) is 0 Å². The van der Waals surface area contributed by atoms with Crippen molar-refractivity contribution in [2.24, 2.45) is 0 Å². The molecular weight excluding hydrogens is 404 g/mol. The predicted octanol–water partition coefficient (Wildman–Crippen LogP) is 3.45. The average Bonchev–Trinajstić information content (AvgIpc) is 2.80. The minimum atomic E-state index is -0.780. The number of ether oxygens (including phenoxy) is 1. The smallest absolute Gasteiger partial charge is 0.254 e. The predicted molar refractivity (Wildman–Crippen MR) is 122 cm³/mol. The van der Waals surface area contributed by atoms with Crippen molar-refractivity contribution in [1.29, 1.82) is 0 Å². The Kier molecular flexibility index (Phi) is 5.19. The number of piperidine rings is 1. The Balaban J connectivity index is 1.28. The molecule has 1 amide bonds. The summed E-state index contributed by atoms with van der Waals surface area (Å²) in [5.41, 5.74) is 4.58. The number of carbonyl (C=O) groups excluding carboxylic acids is 1. The first kappa shape index (κ1) is 20.3. The van der Waals surface area contributed by atoms with E-state index in [1.807, 2.05) is 50.2 Å². The molecule has 0 unspecified atom stereocenters. The lowest BCUT2D eigenvalue weighted by molar-refractivity contribution is -0.0198. The van der Waals surface area contributed by atoms with E-state index in [0.29, 0.717) is 29.8 Å². The number of aliphatic hydroxyl groups excluding tert-OH is 1. The molecule has 1 aliphatic heterocycles. The van der Waals surface area contributed by atoms with Crippen LogP contribution >= 0.6 is 0 Å². The molecule has 2 aromatic heterocycles. The lowest BCUT2D eigenvalue weighted by atomic mass is 10.0. The normalized spacial score (nSPS) is 18.8. The number of carbonyl (C=O) groups is 1. The van der Waals surface area contributed by atoms with Gasteiger partial charge in [0.15, 0.2) is 0 Å². The van der Waals surface area contributed by atoms with E-state index in [-0.39, 0.29) is 18.6 Å². The number of likely N-dealkylation sites (tertiary alicyclic amines) is 1. The molecule has 3 heterocycles. The van der Waals surface area contributed by atoms with E-state index in [1.54, 1.807) is 23.2 Å². The number of benzene rings is 2. The number of β-amino-alcohol motifs (C(OH)–C–C–N with tert-alkyl or cyclic N) is 1. The molecule has 0 bridgehead atoms. The third-order valence-corrected chi connectivity index (χ3v) is 5.99. The fourth-order valence-electron chi connectivity index (χ4n) is 4.07. The fraction of sp³-hybridized carbons (Fsp3) is 0.280. The lowest BCUT2D eigenvalue weighted by Crippen LogP contribution is -2.51. The maximum absolute atomic E-state index is 13.1. The highest BCUT2D eigenvalue weighted by Gasteiger charge is 2.32. The van der Waals surface area contributed by atoms with Gasteiger partial charge in [-0.05, 0) is 50.2 Å². The van der Waals surface area contributed by atoms with Crippen LogP contribution in [0.2, 0.25) is 0 Å². The summed E-state index contributed by atoms with van der Waals surface area (Å²) in [6.45, 7) is 4.54. The maximum atomic E-state index is 13.1. The number of aliphatic hydroxyl groups is 1. The van der Waals surface area contributed by atoms with Crippen molar-refractivity contribution in [3.63, 3.8) is 0 Å². The number of hydrogen-bond acceptors (Lipinski definition) is 6. The standard InChI is InChI=1S/C25H24N4O3/c1-15-16(2)28-22-12-18(6-8-20(22)27-15)25(31)29-11-9-24(23(30)14-29)32-19-7-5-17-4-3-10-26-21(17)13-19/h3-8,10,12-13,23-24,30H,9,11,14H2,1-2H3/t23-,24-/m1/s1. The average molecular weight is 428 g/mol. The molecule has 5 rings (SSSR count). The van der Waals surface area contributed by atoms with Gasteiger partial charge < -0.3 is 14.7 Å². The van der Waals surface area contributed by atoms with Gasteiger partial charge >= 0.3 is 0 Å². The molecule has 7 nitrogen and oxygen atoms in total. The molecule has 0 saturated carbocycles. The molecule has 2 aromatic carbocycles. The Hall–Kier alpha value is -3.58. The summed E-state index contributed by atoms with van der Waals surface area (Å²) >= 11 is 0. The second kappa shape index (κ2) is 8.16. The van der Waals surface area contributed by atoms with Crippen molar-refractivity contribution in [3.8, 4) is 5.75 Å². The van der Waals surface area contributed by atoms with E-state index >= 15 is 0 Å². The minimum Gasteiger partial charge on any atom is -0.488 e. The van der Waals surface area contributed by atoms with Crippen molar-refractivity contribution in [2.75, 3.05) is 13.1 Å². The molecule has 2 atom stereocenters. The fourth-order valence-corrected chi connectivity index (χ4v) is 4.07. The van der Waals surface area contributed by atoms with Crippen LogP contribution in [0, 0.1) is 13.8 Å². The largest absolute Gasteiger partial charge is 0.488 e. The molecule has 0 aliphatic carbocycles. The van der Waals surface area contributed by atoms with Crippen LogP contribution in [0.25, 0.3) is 21.9 Å². The van der Waals surface area contributed by atoms with Crippen molar-refractivity contribution in [1.82, 2.24) is 19.9 Å². The summed E-state index contributed by atoms with van der Waals surface area (Å²) in [7, 11) is 0. The highest BCUT2D eigenvalue weighted by atomic mass is 16.5. The second-order valence-electron chi connectivity index (χ2n) is 8.22. The van der Waals surface area contributed by atoms with Crippen LogP contribution in [-0.2, 0) is 0 Å². The van der Waals surface area contributed by atoms with Gasteiger partial charge in [-0.25, -0.2) is 9.97 Å². The number of nitrogens with zero attached hydrogens (tertiary/aromatic N) is 4. The van der Waals surface area contributed by atoms with Gasteiger partial charge in [-0.2, -0.15) is 0 Å². The Morgan fingerprint density at radius 3 is 2.66 bits per heavy atom. The van der Waals surface area contributed by atoms with E-state index < -0.39 is 6.10 Å². The summed E-state index contributed by atoms with van der Waals surface area (Å²) in [5, 5.41) is 11.7. The Labute approximate surface area is 185 Å². The number of amides is 1. The highest BCUT2D eigenvalue weighted by molar-refractivity contribution is 5.97. The van der Waals surface area contributed by atoms with Crippen LogP contribution in [-0.4, -0.2) is 56.2 Å². The lowest BCUT2D eigenvalue weighted by Gasteiger charge is -2.36. The summed E-state index contributed by atoms with van der Waals surface area (Å²) in [4.78, 5) is 28.2. The molecule has 0 spiro atoms. The zero-order valence-corrected chi connectivity index (χ0v) is 18.0. The Bertz CT molecular complexity index is 1320. The summed E-state index contributed by atoms with van der Waals surface area (Å²) in [6.07, 6.45) is 1.12. The second-order valence-corrected chi connectivity index (χ2v) is 8.22. The van der Waals surface area contributed by atoms with E-state index in [0.717, 1.165) is 27.8 Å². The number of aromatic nitrogens is 3. The molecule has 1 aliphatic rings. The first-order valence-electron chi connectivity index (χ1n) is 10.7. The van der Waals surface area contributed by atoms with Crippen LogP contribution < -0.4 is 4.74 Å². The van der Waals surface area contributed by atoms with Crippen molar-refractivity contribution >= 4 is 27.8 Å². The monoisotopic (exact) mass is 428 g/mol. The molecule has 32 heavy (non-hydrogen) atoms.